The minimum absolute atomic E-state index is 0.0347. The Kier molecular flexibility index (Phi) is 5.67. The summed E-state index contributed by atoms with van der Waals surface area (Å²) in [6.45, 7) is 6.38. The van der Waals surface area contributed by atoms with Crippen molar-refractivity contribution in [1.29, 1.82) is 0 Å². The topological polar surface area (TPSA) is 84.4 Å². The molecule has 3 aromatic heterocycles. The highest BCUT2D eigenvalue weighted by Gasteiger charge is 2.23. The second kappa shape index (κ2) is 8.79. The Bertz CT molecular complexity index is 1450. The van der Waals surface area contributed by atoms with E-state index in [0.717, 1.165) is 44.5 Å². The van der Waals surface area contributed by atoms with Gasteiger partial charge >= 0.3 is 6.01 Å². The molecule has 0 saturated carbocycles. The fourth-order valence-corrected chi connectivity index (χ4v) is 4.40. The van der Waals surface area contributed by atoms with Gasteiger partial charge in [-0.2, -0.15) is 4.98 Å². The minimum Gasteiger partial charge on any atom is -0.496 e. The maximum atomic E-state index is 6.20. The van der Waals surface area contributed by atoms with Crippen molar-refractivity contribution >= 4 is 21.9 Å². The molecule has 8 heteroatoms. The Balaban J connectivity index is 1.77. The zero-order chi connectivity index (χ0) is 23.8. The molecule has 0 fully saturated rings. The first-order valence-corrected chi connectivity index (χ1v) is 11.1. The molecule has 5 aromatic rings. The molecule has 0 amide bonds. The molecule has 1 atom stereocenters. The summed E-state index contributed by atoms with van der Waals surface area (Å²) in [6, 6.07) is 14.1. The number of fused-ring (bicyclic) bond motifs is 3. The zero-order valence-corrected chi connectivity index (χ0v) is 19.8. The highest BCUT2D eigenvalue weighted by molar-refractivity contribution is 6.05. The van der Waals surface area contributed by atoms with Crippen molar-refractivity contribution in [2.45, 2.75) is 26.8 Å². The smallest absolute Gasteiger partial charge is 0.303 e. The van der Waals surface area contributed by atoms with Gasteiger partial charge in [-0.25, -0.2) is 0 Å². The molecule has 174 valence electrons. The molecule has 2 aromatic carbocycles. The summed E-state index contributed by atoms with van der Waals surface area (Å²) in [5, 5.41) is 5.01. The van der Waals surface area contributed by atoms with Crippen LogP contribution >= 0.6 is 0 Å². The van der Waals surface area contributed by atoms with Crippen molar-refractivity contribution in [2.75, 3.05) is 20.8 Å². The van der Waals surface area contributed by atoms with Gasteiger partial charge in [0.15, 0.2) is 0 Å². The van der Waals surface area contributed by atoms with Crippen molar-refractivity contribution < 1.29 is 18.7 Å². The van der Waals surface area contributed by atoms with Gasteiger partial charge in [0.25, 0.3) is 0 Å². The average Bonchev–Trinajstić information content (AvgIpc) is 3.38. The quantitative estimate of drug-likeness (QED) is 0.302. The van der Waals surface area contributed by atoms with Crippen molar-refractivity contribution in [3.63, 3.8) is 0 Å². The van der Waals surface area contributed by atoms with E-state index in [9.17, 15) is 0 Å². The van der Waals surface area contributed by atoms with E-state index in [1.54, 1.807) is 20.4 Å². The van der Waals surface area contributed by atoms with Gasteiger partial charge in [0.05, 0.1) is 48.2 Å². The van der Waals surface area contributed by atoms with E-state index < -0.39 is 0 Å². The van der Waals surface area contributed by atoms with Crippen molar-refractivity contribution in [2.24, 2.45) is 0 Å². The van der Waals surface area contributed by atoms with Crippen molar-refractivity contribution in [3.8, 4) is 28.6 Å². The Hall–Kier alpha value is -3.91. The standard InChI is InChI=1S/C26H26N4O4/c1-15(14-31-4)30-25-19-12-23(32-5)20(24-16(2)29-34-17(24)3)11-21(19)27-13-22(25)28-26(30)33-18-9-7-6-8-10-18/h6-13,15H,14H2,1-5H3/t15-/m1/s1. The van der Waals surface area contributed by atoms with Crippen LogP contribution in [0.2, 0.25) is 0 Å². The van der Waals surface area contributed by atoms with Gasteiger partial charge in [-0.15, -0.1) is 0 Å². The van der Waals surface area contributed by atoms with E-state index in [-0.39, 0.29) is 6.04 Å². The second-order valence-corrected chi connectivity index (χ2v) is 8.24. The summed E-state index contributed by atoms with van der Waals surface area (Å²) in [4.78, 5) is 9.49. The number of methoxy groups -OCH3 is 2. The Morgan fingerprint density at radius 1 is 1.06 bits per heavy atom. The van der Waals surface area contributed by atoms with Gasteiger partial charge in [-0.3, -0.25) is 9.55 Å². The monoisotopic (exact) mass is 458 g/mol. The van der Waals surface area contributed by atoms with Crippen LogP contribution in [0.25, 0.3) is 33.1 Å². The summed E-state index contributed by atoms with van der Waals surface area (Å²) >= 11 is 0. The van der Waals surface area contributed by atoms with Crippen LogP contribution in [0.5, 0.6) is 17.5 Å². The van der Waals surface area contributed by atoms with Crippen LogP contribution < -0.4 is 9.47 Å². The molecule has 34 heavy (non-hydrogen) atoms. The number of rotatable bonds is 7. The second-order valence-electron chi connectivity index (χ2n) is 8.24. The van der Waals surface area contributed by atoms with Gasteiger partial charge < -0.3 is 18.7 Å². The summed E-state index contributed by atoms with van der Waals surface area (Å²) in [6.07, 6.45) is 1.77. The van der Waals surface area contributed by atoms with Crippen LogP contribution in [-0.4, -0.2) is 40.5 Å². The third-order valence-electron chi connectivity index (χ3n) is 5.91. The first-order chi connectivity index (χ1) is 16.5. The van der Waals surface area contributed by atoms with E-state index in [1.165, 1.54) is 0 Å². The van der Waals surface area contributed by atoms with E-state index in [4.69, 9.17) is 28.7 Å². The first kappa shape index (κ1) is 21.9. The molecule has 0 bridgehead atoms. The highest BCUT2D eigenvalue weighted by atomic mass is 16.5. The Morgan fingerprint density at radius 2 is 1.85 bits per heavy atom. The number of hydrogen-bond acceptors (Lipinski definition) is 7. The molecule has 3 heterocycles. The normalized spacial score (nSPS) is 12.4. The van der Waals surface area contributed by atoms with Gasteiger partial charge in [0.2, 0.25) is 0 Å². The van der Waals surface area contributed by atoms with Gasteiger partial charge in [-0.1, -0.05) is 23.4 Å². The lowest BCUT2D eigenvalue weighted by atomic mass is 10.0. The van der Waals surface area contributed by atoms with Crippen molar-refractivity contribution in [3.05, 3.63) is 60.1 Å². The molecule has 0 saturated heterocycles. The fourth-order valence-electron chi connectivity index (χ4n) is 4.40. The minimum atomic E-state index is -0.0347. The van der Waals surface area contributed by atoms with E-state index in [1.807, 2.05) is 56.3 Å². The molecular formula is C26H26N4O4. The molecule has 0 aliphatic carbocycles. The molecule has 0 unspecified atom stereocenters. The molecule has 0 aliphatic rings. The molecule has 0 aliphatic heterocycles. The maximum absolute atomic E-state index is 6.20. The molecule has 0 N–H and O–H groups in total. The zero-order valence-electron chi connectivity index (χ0n) is 19.8. The summed E-state index contributed by atoms with van der Waals surface area (Å²) in [7, 11) is 3.34. The van der Waals surface area contributed by atoms with Crippen LogP contribution in [-0.2, 0) is 4.74 Å². The average molecular weight is 459 g/mol. The molecule has 8 nitrogen and oxygen atoms in total. The van der Waals surface area contributed by atoms with Crippen LogP contribution in [0.1, 0.15) is 24.4 Å². The highest BCUT2D eigenvalue weighted by Crippen LogP contribution is 2.40. The number of nitrogens with zero attached hydrogens (tertiary/aromatic N) is 4. The van der Waals surface area contributed by atoms with Gasteiger partial charge in [0.1, 0.15) is 22.8 Å². The molecular weight excluding hydrogens is 432 g/mol. The number of aryl methyl sites for hydroxylation is 2. The number of hydrogen-bond donors (Lipinski definition) is 0. The van der Waals surface area contributed by atoms with Crippen molar-refractivity contribution in [1.82, 2.24) is 19.7 Å². The number of imidazole rings is 1. The predicted molar refractivity (Wildman–Crippen MR) is 130 cm³/mol. The predicted octanol–water partition coefficient (Wildman–Crippen LogP) is 5.86. The van der Waals surface area contributed by atoms with Crippen LogP contribution in [0.15, 0.2) is 53.2 Å². The lowest BCUT2D eigenvalue weighted by Gasteiger charge is -2.18. The summed E-state index contributed by atoms with van der Waals surface area (Å²) in [5.74, 6) is 2.14. The number of benzene rings is 2. The lowest BCUT2D eigenvalue weighted by Crippen LogP contribution is -2.12. The third kappa shape index (κ3) is 3.66. The molecule has 5 rings (SSSR count). The summed E-state index contributed by atoms with van der Waals surface area (Å²) in [5.41, 5.74) is 5.04. The van der Waals surface area contributed by atoms with E-state index in [0.29, 0.717) is 24.1 Å². The Labute approximate surface area is 197 Å². The van der Waals surface area contributed by atoms with Crippen LogP contribution in [0, 0.1) is 13.8 Å². The van der Waals surface area contributed by atoms with Gasteiger partial charge in [0, 0.05) is 18.1 Å². The number of pyridine rings is 1. The summed E-state index contributed by atoms with van der Waals surface area (Å²) < 4.78 is 24.9. The number of para-hydroxylation sites is 1. The fraction of sp³-hybridized carbons (Fsp3) is 0.269. The molecule has 0 radical (unpaired) electrons. The Morgan fingerprint density at radius 3 is 2.53 bits per heavy atom. The molecule has 0 spiro atoms. The van der Waals surface area contributed by atoms with E-state index >= 15 is 0 Å². The van der Waals surface area contributed by atoms with Crippen LogP contribution in [0.3, 0.4) is 0 Å². The van der Waals surface area contributed by atoms with Gasteiger partial charge in [-0.05, 0) is 45.0 Å². The SMILES string of the molecule is COC[C@@H](C)n1c(Oc2ccccc2)nc2cnc3cc(-c4c(C)noc4C)c(OC)cc3c21. The first-order valence-electron chi connectivity index (χ1n) is 11.1. The van der Waals surface area contributed by atoms with Crippen LogP contribution in [0.4, 0.5) is 0 Å². The third-order valence-corrected chi connectivity index (χ3v) is 5.91. The maximum Gasteiger partial charge on any atom is 0.303 e. The number of aromatic nitrogens is 4. The lowest BCUT2D eigenvalue weighted by molar-refractivity contribution is 0.160. The number of ether oxygens (including phenoxy) is 3. The van der Waals surface area contributed by atoms with E-state index in [2.05, 4.69) is 16.6 Å². The largest absolute Gasteiger partial charge is 0.496 e.